The lowest BCUT2D eigenvalue weighted by atomic mass is 10.1. The average molecular weight is 152 g/mol. The van der Waals surface area contributed by atoms with E-state index in [1.807, 2.05) is 0 Å². The van der Waals surface area contributed by atoms with Crippen molar-refractivity contribution in [2.24, 2.45) is 5.73 Å². The van der Waals surface area contributed by atoms with E-state index < -0.39 is 0 Å². The van der Waals surface area contributed by atoms with Crippen molar-refractivity contribution >= 4 is 0 Å². The van der Waals surface area contributed by atoms with Crippen molar-refractivity contribution < 1.29 is 4.42 Å². The van der Waals surface area contributed by atoms with Gasteiger partial charge in [-0.05, 0) is 12.8 Å². The van der Waals surface area contributed by atoms with Crippen molar-refractivity contribution in [3.63, 3.8) is 0 Å². The van der Waals surface area contributed by atoms with Gasteiger partial charge in [-0.25, -0.2) is 4.98 Å². The number of hydrogen-bond acceptors (Lipinski definition) is 3. The molecule has 11 heavy (non-hydrogen) atoms. The van der Waals surface area contributed by atoms with Crippen LogP contribution < -0.4 is 5.73 Å². The zero-order valence-corrected chi connectivity index (χ0v) is 6.36. The maximum atomic E-state index is 5.87. The Hall–Kier alpha value is -0.830. The first kappa shape index (κ1) is 6.85. The molecule has 60 valence electrons. The molecule has 1 aliphatic rings. The van der Waals surface area contributed by atoms with Crippen LogP contribution in [0.5, 0.6) is 0 Å². The summed E-state index contributed by atoms with van der Waals surface area (Å²) in [6, 6.07) is 0.258. The summed E-state index contributed by atoms with van der Waals surface area (Å²) < 4.78 is 5.20. The van der Waals surface area contributed by atoms with Crippen molar-refractivity contribution in [1.82, 2.24) is 4.98 Å². The van der Waals surface area contributed by atoms with E-state index >= 15 is 0 Å². The zero-order chi connectivity index (χ0) is 7.68. The molecule has 1 aliphatic carbocycles. The molecule has 1 fully saturated rings. The number of nitrogens with zero attached hydrogens (tertiary/aromatic N) is 1. The summed E-state index contributed by atoms with van der Waals surface area (Å²) in [4.78, 5) is 4.10. The van der Waals surface area contributed by atoms with Crippen LogP contribution in [0.3, 0.4) is 0 Å². The summed E-state index contributed by atoms with van der Waals surface area (Å²) in [7, 11) is 0. The monoisotopic (exact) mass is 152 g/mol. The molecule has 3 nitrogen and oxygen atoms in total. The quantitative estimate of drug-likeness (QED) is 0.659. The molecule has 0 aromatic carbocycles. The fourth-order valence-electron chi connectivity index (χ4n) is 1.71. The minimum atomic E-state index is 0.258. The van der Waals surface area contributed by atoms with E-state index in [-0.39, 0.29) is 6.04 Å². The molecule has 1 aromatic rings. The molecule has 0 spiro atoms. The van der Waals surface area contributed by atoms with Crippen LogP contribution >= 0.6 is 0 Å². The first-order valence-corrected chi connectivity index (χ1v) is 4.03. The van der Waals surface area contributed by atoms with Crippen LogP contribution in [-0.2, 0) is 0 Å². The van der Waals surface area contributed by atoms with Gasteiger partial charge in [0.25, 0.3) is 0 Å². The molecule has 2 unspecified atom stereocenters. The van der Waals surface area contributed by atoms with Gasteiger partial charge in [-0.15, -0.1) is 0 Å². The number of hydrogen-bond donors (Lipinski definition) is 1. The highest BCUT2D eigenvalue weighted by Crippen LogP contribution is 2.31. The third-order valence-corrected chi connectivity index (χ3v) is 2.34. The van der Waals surface area contributed by atoms with Crippen molar-refractivity contribution in [2.75, 3.05) is 0 Å². The smallest absolute Gasteiger partial charge is 0.198 e. The fourth-order valence-corrected chi connectivity index (χ4v) is 1.71. The van der Waals surface area contributed by atoms with E-state index in [4.69, 9.17) is 10.2 Å². The summed E-state index contributed by atoms with van der Waals surface area (Å²) in [5, 5.41) is 0. The summed E-state index contributed by atoms with van der Waals surface area (Å²) in [5.74, 6) is 1.18. The van der Waals surface area contributed by atoms with Gasteiger partial charge < -0.3 is 10.2 Å². The minimum Gasteiger partial charge on any atom is -0.449 e. The van der Waals surface area contributed by atoms with Crippen LogP contribution in [0.1, 0.15) is 31.1 Å². The number of nitrogens with two attached hydrogens (primary N) is 1. The van der Waals surface area contributed by atoms with E-state index in [0.717, 1.165) is 18.7 Å². The zero-order valence-electron chi connectivity index (χ0n) is 6.36. The molecule has 0 amide bonds. The van der Waals surface area contributed by atoms with Crippen molar-refractivity contribution in [3.05, 3.63) is 18.4 Å². The van der Waals surface area contributed by atoms with Crippen LogP contribution in [0, 0.1) is 0 Å². The molecule has 2 N–H and O–H groups in total. The van der Waals surface area contributed by atoms with Gasteiger partial charge in [0.05, 0.1) is 12.1 Å². The number of aromatic nitrogens is 1. The first-order valence-electron chi connectivity index (χ1n) is 4.03. The Bertz CT molecular complexity index is 220. The van der Waals surface area contributed by atoms with Gasteiger partial charge in [0, 0.05) is 6.04 Å². The minimum absolute atomic E-state index is 0.258. The van der Waals surface area contributed by atoms with E-state index in [0.29, 0.717) is 5.92 Å². The summed E-state index contributed by atoms with van der Waals surface area (Å²) in [6.45, 7) is 0. The normalized spacial score (nSPS) is 31.0. The lowest BCUT2D eigenvalue weighted by Gasteiger charge is -2.09. The van der Waals surface area contributed by atoms with Crippen LogP contribution in [-0.4, -0.2) is 11.0 Å². The molecule has 1 aromatic heterocycles. The molecule has 0 radical (unpaired) electrons. The van der Waals surface area contributed by atoms with E-state index in [2.05, 4.69) is 4.98 Å². The molecule has 2 atom stereocenters. The number of rotatable bonds is 1. The molecule has 1 heterocycles. The Labute approximate surface area is 65.6 Å². The van der Waals surface area contributed by atoms with Gasteiger partial charge >= 0.3 is 0 Å². The van der Waals surface area contributed by atoms with Crippen molar-refractivity contribution in [3.8, 4) is 0 Å². The van der Waals surface area contributed by atoms with Crippen LogP contribution in [0.25, 0.3) is 0 Å². The second kappa shape index (κ2) is 2.66. The van der Waals surface area contributed by atoms with E-state index in [1.165, 1.54) is 6.42 Å². The second-order valence-electron chi connectivity index (χ2n) is 3.07. The molecular weight excluding hydrogens is 140 g/mol. The van der Waals surface area contributed by atoms with Gasteiger partial charge in [-0.1, -0.05) is 6.42 Å². The summed E-state index contributed by atoms with van der Waals surface area (Å²) in [5.41, 5.74) is 5.87. The third-order valence-electron chi connectivity index (χ3n) is 2.34. The molecule has 0 bridgehead atoms. The maximum absolute atomic E-state index is 5.87. The highest BCUT2D eigenvalue weighted by Gasteiger charge is 2.28. The van der Waals surface area contributed by atoms with E-state index in [1.54, 1.807) is 12.5 Å². The predicted molar refractivity (Wildman–Crippen MR) is 41.1 cm³/mol. The molecule has 0 saturated heterocycles. The maximum Gasteiger partial charge on any atom is 0.198 e. The molecule has 1 saturated carbocycles. The third kappa shape index (κ3) is 1.16. The van der Waals surface area contributed by atoms with E-state index in [9.17, 15) is 0 Å². The highest BCUT2D eigenvalue weighted by molar-refractivity contribution is 5.00. The predicted octanol–water partition coefficient (Wildman–Crippen LogP) is 1.27. The van der Waals surface area contributed by atoms with Gasteiger partial charge in [0.15, 0.2) is 5.89 Å². The Kier molecular flexibility index (Phi) is 1.66. The topological polar surface area (TPSA) is 52.0 Å². The van der Waals surface area contributed by atoms with Crippen molar-refractivity contribution in [2.45, 2.75) is 31.2 Å². The van der Waals surface area contributed by atoms with Gasteiger partial charge in [-0.3, -0.25) is 0 Å². The van der Waals surface area contributed by atoms with Crippen LogP contribution in [0.2, 0.25) is 0 Å². The standard InChI is InChI=1S/C8H12N2O/c9-7-3-1-2-6(7)8-10-4-5-11-8/h4-7H,1-3,9H2. The van der Waals surface area contributed by atoms with Gasteiger partial charge in [0.2, 0.25) is 0 Å². The highest BCUT2D eigenvalue weighted by atomic mass is 16.3. The molecule has 3 heteroatoms. The van der Waals surface area contributed by atoms with Crippen LogP contribution in [0.4, 0.5) is 0 Å². The van der Waals surface area contributed by atoms with Gasteiger partial charge in [0.1, 0.15) is 6.26 Å². The Morgan fingerprint density at radius 1 is 1.55 bits per heavy atom. The number of oxazole rings is 1. The van der Waals surface area contributed by atoms with Gasteiger partial charge in [-0.2, -0.15) is 0 Å². The lowest BCUT2D eigenvalue weighted by molar-refractivity contribution is 0.428. The second-order valence-corrected chi connectivity index (χ2v) is 3.07. The van der Waals surface area contributed by atoms with Crippen LogP contribution in [0.15, 0.2) is 16.9 Å². The SMILES string of the molecule is NC1CCCC1c1ncco1. The first-order chi connectivity index (χ1) is 5.38. The molecule has 2 rings (SSSR count). The summed E-state index contributed by atoms with van der Waals surface area (Å²) in [6.07, 6.45) is 6.73. The average Bonchev–Trinajstić information content (AvgIpc) is 2.55. The molecule has 0 aliphatic heterocycles. The van der Waals surface area contributed by atoms with Crippen molar-refractivity contribution in [1.29, 1.82) is 0 Å². The summed E-state index contributed by atoms with van der Waals surface area (Å²) >= 11 is 0. The Morgan fingerprint density at radius 3 is 3.00 bits per heavy atom. The largest absolute Gasteiger partial charge is 0.449 e. The molecular formula is C8H12N2O. The fraction of sp³-hybridized carbons (Fsp3) is 0.625. The Morgan fingerprint density at radius 2 is 2.45 bits per heavy atom. The lowest BCUT2D eigenvalue weighted by Crippen LogP contribution is -2.22. The Balaban J connectivity index is 2.16.